The Morgan fingerprint density at radius 2 is 1.85 bits per heavy atom. The van der Waals surface area contributed by atoms with Crippen LogP contribution in [0.25, 0.3) is 5.41 Å². The van der Waals surface area contributed by atoms with Crippen LogP contribution < -0.4 is 15.4 Å². The summed E-state index contributed by atoms with van der Waals surface area (Å²) < 4.78 is 5.31. The number of para-hydroxylation sites is 2. The molecule has 27 heavy (non-hydrogen) atoms. The molecular formula is C21H18N3O2S-. The highest BCUT2D eigenvalue weighted by atomic mass is 32.1. The molecule has 1 atom stereocenters. The van der Waals surface area contributed by atoms with Crippen LogP contribution >= 0.6 is 12.2 Å². The number of allylic oxidation sites excluding steroid dienone is 1. The monoisotopic (exact) mass is 376 g/mol. The first-order valence-electron chi connectivity index (χ1n) is 8.35. The highest BCUT2D eigenvalue weighted by Crippen LogP contribution is 2.37. The molecule has 1 aliphatic rings. The van der Waals surface area contributed by atoms with Crippen LogP contribution in [-0.4, -0.2) is 23.9 Å². The third kappa shape index (κ3) is 3.67. The Labute approximate surface area is 163 Å². The van der Waals surface area contributed by atoms with Crippen molar-refractivity contribution >= 4 is 34.7 Å². The third-order valence-electron chi connectivity index (χ3n) is 4.38. The van der Waals surface area contributed by atoms with E-state index in [-0.39, 0.29) is 5.91 Å². The van der Waals surface area contributed by atoms with Gasteiger partial charge in [-0.25, -0.2) is 0 Å². The number of hydrogen-bond donors (Lipinski definition) is 2. The van der Waals surface area contributed by atoms with Crippen molar-refractivity contribution in [3.63, 3.8) is 0 Å². The highest BCUT2D eigenvalue weighted by molar-refractivity contribution is 7.80. The first-order chi connectivity index (χ1) is 13.1. The summed E-state index contributed by atoms with van der Waals surface area (Å²) >= 11 is 5.33. The second-order valence-corrected chi connectivity index (χ2v) is 6.42. The van der Waals surface area contributed by atoms with Crippen molar-refractivity contribution in [3.05, 3.63) is 82.4 Å². The molecule has 0 fully saturated rings. The van der Waals surface area contributed by atoms with Crippen molar-refractivity contribution in [2.75, 3.05) is 12.4 Å². The lowest BCUT2D eigenvalue weighted by Crippen LogP contribution is -2.36. The smallest absolute Gasteiger partial charge is 0.254 e. The molecule has 0 unspecified atom stereocenters. The van der Waals surface area contributed by atoms with E-state index >= 15 is 0 Å². The summed E-state index contributed by atoms with van der Waals surface area (Å²) in [7, 11) is 1.55. The van der Waals surface area contributed by atoms with E-state index in [0.717, 1.165) is 5.56 Å². The summed E-state index contributed by atoms with van der Waals surface area (Å²) in [4.78, 5) is 13.5. The number of nitrogens with zero attached hydrogens (tertiary/aromatic N) is 1. The van der Waals surface area contributed by atoms with Crippen LogP contribution in [0.15, 0.2) is 71.4 Å². The topological polar surface area (TPSA) is 72.7 Å². The summed E-state index contributed by atoms with van der Waals surface area (Å²) in [5.41, 5.74) is 2.83. The van der Waals surface area contributed by atoms with Gasteiger partial charge in [0, 0.05) is 22.8 Å². The van der Waals surface area contributed by atoms with Crippen LogP contribution in [0.3, 0.4) is 0 Å². The Morgan fingerprint density at radius 3 is 2.52 bits per heavy atom. The van der Waals surface area contributed by atoms with Gasteiger partial charge in [0.15, 0.2) is 0 Å². The van der Waals surface area contributed by atoms with Crippen LogP contribution in [0, 0.1) is 0 Å². The van der Waals surface area contributed by atoms with Gasteiger partial charge in [-0.05, 0) is 24.6 Å². The summed E-state index contributed by atoms with van der Waals surface area (Å²) in [6.45, 7) is 1.79. The normalized spacial score (nSPS) is 16.4. The Hall–Kier alpha value is -3.21. The average molecular weight is 376 g/mol. The van der Waals surface area contributed by atoms with Crippen molar-refractivity contribution in [3.8, 4) is 5.75 Å². The van der Waals surface area contributed by atoms with E-state index in [2.05, 4.69) is 16.5 Å². The number of hydrogen-bond acceptors (Lipinski definition) is 3. The molecule has 3 rings (SSSR count). The van der Waals surface area contributed by atoms with E-state index in [1.54, 1.807) is 26.2 Å². The van der Waals surface area contributed by atoms with Gasteiger partial charge >= 0.3 is 0 Å². The zero-order valence-electron chi connectivity index (χ0n) is 14.9. The van der Waals surface area contributed by atoms with Crippen LogP contribution in [-0.2, 0) is 4.79 Å². The van der Waals surface area contributed by atoms with Crippen LogP contribution in [0.5, 0.6) is 5.75 Å². The minimum Gasteiger partial charge on any atom is -0.763 e. The summed E-state index contributed by atoms with van der Waals surface area (Å²) in [5.74, 6) is 1.89. The fourth-order valence-corrected chi connectivity index (χ4v) is 3.45. The summed E-state index contributed by atoms with van der Waals surface area (Å²) in [5, 5.41) is 15.5. The zero-order valence-corrected chi connectivity index (χ0v) is 15.8. The Balaban J connectivity index is 2.07. The maximum Gasteiger partial charge on any atom is 0.254 e. The minimum atomic E-state index is -0.528. The SMILES string of the molecule is COc1ccccc1NC(=O)C1=C(C)NC(=S)C(=C=[N-])[C@@H]1c1ccccc1. The standard InChI is InChI=1S/C21H18N3O2S/c1-13-18(20(25)24-16-10-6-7-11-17(16)26-2)19(14-8-4-3-5-9-14)15(12-22)21(27)23-13/h3-11,19H,1-2H3,(H,23,27)(H,24,25)/q-1/t19-/m0/s1. The van der Waals surface area contributed by atoms with E-state index in [1.807, 2.05) is 42.5 Å². The van der Waals surface area contributed by atoms with E-state index in [0.29, 0.717) is 33.3 Å². The lowest BCUT2D eigenvalue weighted by atomic mass is 9.81. The molecule has 0 radical (unpaired) electrons. The van der Waals surface area contributed by atoms with Gasteiger partial charge in [-0.15, -0.1) is 0 Å². The molecule has 136 valence electrons. The number of rotatable bonds is 4. The third-order valence-corrected chi connectivity index (χ3v) is 4.70. The quantitative estimate of drug-likeness (QED) is 0.484. The molecule has 0 aliphatic carbocycles. The average Bonchev–Trinajstić information content (AvgIpc) is 2.68. The maximum atomic E-state index is 13.2. The van der Waals surface area contributed by atoms with Crippen molar-refractivity contribution in [1.82, 2.24) is 5.32 Å². The van der Waals surface area contributed by atoms with Gasteiger partial charge in [0.05, 0.1) is 12.8 Å². The number of amides is 1. The molecule has 0 aromatic heterocycles. The fraction of sp³-hybridized carbons (Fsp3) is 0.143. The van der Waals surface area contributed by atoms with Gasteiger partial charge in [0.2, 0.25) is 0 Å². The lowest BCUT2D eigenvalue weighted by molar-refractivity contribution is -0.113. The summed E-state index contributed by atoms with van der Waals surface area (Å²) in [6, 6.07) is 16.6. The Morgan fingerprint density at radius 1 is 1.19 bits per heavy atom. The zero-order chi connectivity index (χ0) is 19.4. The largest absolute Gasteiger partial charge is 0.763 e. The van der Waals surface area contributed by atoms with Gasteiger partial charge in [-0.2, -0.15) is 0 Å². The Bertz CT molecular complexity index is 976. The number of ether oxygens (including phenoxy) is 1. The van der Waals surface area contributed by atoms with Gasteiger partial charge in [-0.3, -0.25) is 10.7 Å². The molecule has 2 aromatic rings. The first kappa shape index (κ1) is 18.6. The first-order valence-corrected chi connectivity index (χ1v) is 8.76. The number of benzene rings is 2. The number of methoxy groups -OCH3 is 1. The van der Waals surface area contributed by atoms with Gasteiger partial charge in [-0.1, -0.05) is 54.7 Å². The number of anilines is 1. The van der Waals surface area contributed by atoms with E-state index in [9.17, 15) is 10.2 Å². The predicted octanol–water partition coefficient (Wildman–Crippen LogP) is 3.79. The van der Waals surface area contributed by atoms with Crippen molar-refractivity contribution in [2.24, 2.45) is 0 Å². The molecule has 0 bridgehead atoms. The summed E-state index contributed by atoms with van der Waals surface area (Å²) in [6.07, 6.45) is 0. The van der Waals surface area contributed by atoms with Gasteiger partial charge in [0.25, 0.3) is 5.91 Å². The number of nitrogens with one attached hydrogen (secondary N) is 2. The van der Waals surface area contributed by atoms with Crippen molar-refractivity contribution in [1.29, 1.82) is 0 Å². The van der Waals surface area contributed by atoms with E-state index in [4.69, 9.17) is 17.0 Å². The molecule has 1 heterocycles. The molecule has 6 heteroatoms. The second-order valence-electron chi connectivity index (χ2n) is 6.02. The molecule has 5 nitrogen and oxygen atoms in total. The van der Waals surface area contributed by atoms with Crippen LogP contribution in [0.4, 0.5) is 5.69 Å². The molecule has 2 aromatic carbocycles. The van der Waals surface area contributed by atoms with Gasteiger partial charge in [0.1, 0.15) is 10.7 Å². The van der Waals surface area contributed by atoms with Crippen molar-refractivity contribution in [2.45, 2.75) is 12.8 Å². The molecule has 0 saturated heterocycles. The molecule has 1 aliphatic heterocycles. The minimum absolute atomic E-state index is 0.311. The highest BCUT2D eigenvalue weighted by Gasteiger charge is 2.33. The molecule has 2 N–H and O–H groups in total. The molecule has 0 saturated carbocycles. The number of carbonyl (C=O) groups excluding carboxylic acids is 1. The van der Waals surface area contributed by atoms with E-state index in [1.165, 1.54) is 0 Å². The lowest BCUT2D eigenvalue weighted by Gasteiger charge is -2.31. The van der Waals surface area contributed by atoms with E-state index < -0.39 is 5.92 Å². The van der Waals surface area contributed by atoms with Crippen molar-refractivity contribution < 1.29 is 9.53 Å². The van der Waals surface area contributed by atoms with Gasteiger partial charge < -0.3 is 20.8 Å². The maximum absolute atomic E-state index is 13.2. The Kier molecular flexibility index (Phi) is 5.50. The number of carbonyl (C=O) groups is 1. The second kappa shape index (κ2) is 7.99. The molecule has 0 spiro atoms. The number of thiocarbonyl (C=S) groups is 1. The fourth-order valence-electron chi connectivity index (χ4n) is 3.13. The molecule has 1 amide bonds. The van der Waals surface area contributed by atoms with Crippen LogP contribution in [0.1, 0.15) is 18.4 Å². The predicted molar refractivity (Wildman–Crippen MR) is 111 cm³/mol. The molecular weight excluding hydrogens is 358 g/mol. The van der Waals surface area contributed by atoms with Crippen LogP contribution in [0.2, 0.25) is 0 Å².